The Morgan fingerprint density at radius 1 is 1.00 bits per heavy atom. The van der Waals surface area contributed by atoms with Crippen molar-refractivity contribution < 1.29 is 9.53 Å². The smallest absolute Gasteiger partial charge is 0.410 e. The predicted molar refractivity (Wildman–Crippen MR) is 123 cm³/mol. The van der Waals surface area contributed by atoms with Gasteiger partial charge in [-0.2, -0.15) is 0 Å². The number of ether oxygens (including phenoxy) is 1. The lowest BCUT2D eigenvalue weighted by Crippen LogP contribution is -2.53. The number of carbonyl (C=O) groups is 1. The number of unbranched alkanes of at least 4 members (excludes halogenated alkanes) is 4. The average Bonchev–Trinajstić information content (AvgIpc) is 2.55. The van der Waals surface area contributed by atoms with E-state index in [0.29, 0.717) is 32.1 Å². The van der Waals surface area contributed by atoms with E-state index in [1.807, 2.05) is 20.8 Å². The van der Waals surface area contributed by atoms with Gasteiger partial charge in [0.2, 0.25) is 0 Å². The number of nitrogens with zero attached hydrogens (tertiary/aromatic N) is 4. The average molecular weight is 497 g/mol. The van der Waals surface area contributed by atoms with E-state index >= 15 is 0 Å². The molecule has 0 saturated carbocycles. The standard InChI is InChI=1S/C19H39N5O2.HI/c1-19(2,3)26-18(25)24-15-13-23(14-16-24)17(20)21-11-9-7-6-8-10-12-22(4)5;/h6-16H2,1-5H3,(H2,20,21);1H. The number of amides is 1. The van der Waals surface area contributed by atoms with Gasteiger partial charge in [-0.1, -0.05) is 19.3 Å². The Morgan fingerprint density at radius 2 is 1.52 bits per heavy atom. The molecule has 1 heterocycles. The number of rotatable bonds is 8. The molecule has 7 nitrogen and oxygen atoms in total. The molecule has 1 rings (SSSR count). The maximum absolute atomic E-state index is 12.1. The molecule has 0 aromatic heterocycles. The highest BCUT2D eigenvalue weighted by atomic mass is 127. The van der Waals surface area contributed by atoms with Crippen molar-refractivity contribution in [2.75, 3.05) is 53.4 Å². The van der Waals surface area contributed by atoms with Gasteiger partial charge in [-0.05, 0) is 54.3 Å². The van der Waals surface area contributed by atoms with Gasteiger partial charge in [-0.25, -0.2) is 4.79 Å². The second-order valence-electron chi connectivity index (χ2n) is 8.27. The van der Waals surface area contributed by atoms with Crippen molar-refractivity contribution in [2.45, 2.75) is 58.5 Å². The lowest BCUT2D eigenvalue weighted by molar-refractivity contribution is 0.0186. The Labute approximate surface area is 182 Å². The Balaban J connectivity index is 0.00000676. The van der Waals surface area contributed by atoms with Gasteiger partial charge in [0.1, 0.15) is 5.60 Å². The molecule has 0 aromatic rings. The van der Waals surface area contributed by atoms with E-state index < -0.39 is 5.60 Å². The molecule has 0 aromatic carbocycles. The summed E-state index contributed by atoms with van der Waals surface area (Å²) in [4.78, 5) is 22.6. The van der Waals surface area contributed by atoms with E-state index in [0.717, 1.165) is 13.0 Å². The number of aliphatic imine (C=N–C) groups is 1. The van der Waals surface area contributed by atoms with Crippen molar-refractivity contribution in [2.24, 2.45) is 10.7 Å². The Bertz CT molecular complexity index is 444. The maximum atomic E-state index is 12.1. The van der Waals surface area contributed by atoms with E-state index in [2.05, 4.69) is 28.9 Å². The van der Waals surface area contributed by atoms with Crippen molar-refractivity contribution in [1.82, 2.24) is 14.7 Å². The van der Waals surface area contributed by atoms with Crippen LogP contribution in [0.3, 0.4) is 0 Å². The molecule has 2 N–H and O–H groups in total. The molecule has 1 aliphatic rings. The molecule has 160 valence electrons. The second kappa shape index (κ2) is 13.4. The zero-order chi connectivity index (χ0) is 19.6. The summed E-state index contributed by atoms with van der Waals surface area (Å²) in [6.45, 7) is 10.3. The number of hydrogen-bond donors (Lipinski definition) is 1. The van der Waals surface area contributed by atoms with Crippen LogP contribution in [0.1, 0.15) is 52.9 Å². The van der Waals surface area contributed by atoms with Gasteiger partial charge in [0, 0.05) is 32.7 Å². The first kappa shape index (κ1) is 26.2. The van der Waals surface area contributed by atoms with Crippen molar-refractivity contribution in [3.63, 3.8) is 0 Å². The number of nitrogens with two attached hydrogens (primary N) is 1. The van der Waals surface area contributed by atoms with Gasteiger partial charge in [0.05, 0.1) is 0 Å². The molecule has 0 aliphatic carbocycles. The minimum atomic E-state index is -0.457. The molecular weight excluding hydrogens is 457 g/mol. The highest BCUT2D eigenvalue weighted by molar-refractivity contribution is 14.0. The van der Waals surface area contributed by atoms with Crippen molar-refractivity contribution in [3.05, 3.63) is 0 Å². The molecule has 0 unspecified atom stereocenters. The van der Waals surface area contributed by atoms with E-state index in [9.17, 15) is 4.79 Å². The minimum Gasteiger partial charge on any atom is -0.444 e. The molecule has 1 amide bonds. The van der Waals surface area contributed by atoms with Crippen LogP contribution in [-0.2, 0) is 4.74 Å². The summed E-state index contributed by atoms with van der Waals surface area (Å²) in [6.07, 6.45) is 5.85. The van der Waals surface area contributed by atoms with Crippen molar-refractivity contribution in [1.29, 1.82) is 0 Å². The molecule has 27 heavy (non-hydrogen) atoms. The molecule has 1 fully saturated rings. The minimum absolute atomic E-state index is 0. The van der Waals surface area contributed by atoms with Crippen molar-refractivity contribution in [3.8, 4) is 0 Å². The predicted octanol–water partition coefficient (Wildman–Crippen LogP) is 2.98. The topological polar surface area (TPSA) is 74.4 Å². The summed E-state index contributed by atoms with van der Waals surface area (Å²) in [5.74, 6) is 0.599. The summed E-state index contributed by atoms with van der Waals surface area (Å²) in [5.41, 5.74) is 5.65. The van der Waals surface area contributed by atoms with Crippen LogP contribution in [-0.4, -0.2) is 85.7 Å². The van der Waals surface area contributed by atoms with E-state index in [1.54, 1.807) is 4.90 Å². The van der Waals surface area contributed by atoms with Crippen LogP contribution in [0.25, 0.3) is 0 Å². The molecule has 0 radical (unpaired) electrons. The molecule has 1 aliphatic heterocycles. The highest BCUT2D eigenvalue weighted by Gasteiger charge is 2.26. The first-order chi connectivity index (χ1) is 12.2. The van der Waals surface area contributed by atoms with Crippen molar-refractivity contribution >= 4 is 36.0 Å². The Hall–Kier alpha value is -0.770. The van der Waals surface area contributed by atoms with E-state index in [1.165, 1.54) is 32.2 Å². The third-order valence-corrected chi connectivity index (χ3v) is 4.29. The number of guanidine groups is 1. The van der Waals surface area contributed by atoms with Crippen LogP contribution in [0.2, 0.25) is 0 Å². The van der Waals surface area contributed by atoms with Crippen LogP contribution < -0.4 is 5.73 Å². The second-order valence-corrected chi connectivity index (χ2v) is 8.27. The third-order valence-electron chi connectivity index (χ3n) is 4.29. The van der Waals surface area contributed by atoms with Gasteiger partial charge in [-0.15, -0.1) is 24.0 Å². The van der Waals surface area contributed by atoms with Crippen LogP contribution in [0, 0.1) is 0 Å². The van der Waals surface area contributed by atoms with Crippen LogP contribution in [0.4, 0.5) is 4.79 Å². The normalized spacial score (nSPS) is 15.7. The number of halogens is 1. The lowest BCUT2D eigenvalue weighted by Gasteiger charge is -2.36. The third kappa shape index (κ3) is 12.3. The fraction of sp³-hybridized carbons (Fsp3) is 0.895. The summed E-state index contributed by atoms with van der Waals surface area (Å²) >= 11 is 0. The Morgan fingerprint density at radius 3 is 2.07 bits per heavy atom. The monoisotopic (exact) mass is 497 g/mol. The number of piperazine rings is 1. The molecule has 0 spiro atoms. The van der Waals surface area contributed by atoms with Gasteiger partial charge >= 0.3 is 6.09 Å². The van der Waals surface area contributed by atoms with Crippen LogP contribution in [0.15, 0.2) is 4.99 Å². The summed E-state index contributed by atoms with van der Waals surface area (Å²) in [7, 11) is 4.23. The van der Waals surface area contributed by atoms with E-state index in [4.69, 9.17) is 10.5 Å². The molecule has 8 heteroatoms. The quantitative estimate of drug-likeness (QED) is 0.242. The molecular formula is C19H40IN5O2. The van der Waals surface area contributed by atoms with Gasteiger partial charge in [0.15, 0.2) is 5.96 Å². The van der Waals surface area contributed by atoms with Gasteiger partial charge < -0.3 is 25.2 Å². The molecule has 0 atom stereocenters. The zero-order valence-electron chi connectivity index (χ0n) is 17.9. The zero-order valence-corrected chi connectivity index (χ0v) is 20.2. The molecule has 0 bridgehead atoms. The SMILES string of the molecule is CN(C)CCCCCCCN=C(N)N1CCN(C(=O)OC(C)(C)C)CC1.I. The largest absolute Gasteiger partial charge is 0.444 e. The van der Waals surface area contributed by atoms with Crippen LogP contribution in [0.5, 0.6) is 0 Å². The lowest BCUT2D eigenvalue weighted by atomic mass is 10.1. The fourth-order valence-corrected chi connectivity index (χ4v) is 2.81. The summed E-state index contributed by atoms with van der Waals surface area (Å²) < 4.78 is 5.41. The summed E-state index contributed by atoms with van der Waals surface area (Å²) in [5, 5.41) is 0. The first-order valence-corrected chi connectivity index (χ1v) is 9.86. The first-order valence-electron chi connectivity index (χ1n) is 9.86. The maximum Gasteiger partial charge on any atom is 0.410 e. The number of hydrogen-bond acceptors (Lipinski definition) is 4. The molecule has 1 saturated heterocycles. The summed E-state index contributed by atoms with van der Waals surface area (Å²) in [6, 6.07) is 0. The van der Waals surface area contributed by atoms with Gasteiger partial charge in [0.25, 0.3) is 0 Å². The highest BCUT2D eigenvalue weighted by Crippen LogP contribution is 2.12. The van der Waals surface area contributed by atoms with Crippen LogP contribution >= 0.6 is 24.0 Å². The van der Waals surface area contributed by atoms with Gasteiger partial charge in [-0.3, -0.25) is 4.99 Å². The Kier molecular flexibility index (Phi) is 13.0. The number of carbonyl (C=O) groups excluding carboxylic acids is 1. The van der Waals surface area contributed by atoms with E-state index in [-0.39, 0.29) is 30.1 Å². The fourth-order valence-electron chi connectivity index (χ4n) is 2.81.